The van der Waals surface area contributed by atoms with E-state index in [1.165, 1.54) is 0 Å². The van der Waals surface area contributed by atoms with Gasteiger partial charge in [0.25, 0.3) is 5.91 Å². The molecular formula is C31H26BClF4N6O11. The number of carboxylic acid groups (broad SMARTS) is 1. The molecule has 2 unspecified atom stereocenters. The van der Waals surface area contributed by atoms with Crippen LogP contribution in [-0.4, -0.2) is 110 Å². The normalized spacial score (nSPS) is 16.0. The van der Waals surface area contributed by atoms with Crippen molar-refractivity contribution in [2.75, 3.05) is 26.2 Å². The number of amides is 6. The molecule has 17 nitrogen and oxygen atoms in total. The lowest BCUT2D eigenvalue weighted by Gasteiger charge is -2.34. The van der Waals surface area contributed by atoms with Gasteiger partial charge in [0, 0.05) is 49.4 Å². The fourth-order valence-corrected chi connectivity index (χ4v) is 5.85. The number of carbonyl (C=O) groups is 6. The number of aromatic hydroxyl groups is 2. The topological polar surface area (TPSA) is 248 Å². The number of carboxylic acids is 1. The van der Waals surface area contributed by atoms with Gasteiger partial charge < -0.3 is 45.8 Å². The predicted molar refractivity (Wildman–Crippen MR) is 173 cm³/mol. The molecule has 2 aliphatic heterocycles. The van der Waals surface area contributed by atoms with Crippen LogP contribution in [0.5, 0.6) is 17.2 Å². The molecule has 2 aliphatic rings. The first-order chi connectivity index (χ1) is 25.5. The van der Waals surface area contributed by atoms with Crippen molar-refractivity contribution in [1.82, 2.24) is 30.7 Å². The first kappa shape index (κ1) is 39.1. The van der Waals surface area contributed by atoms with Gasteiger partial charge in [-0.15, -0.1) is 0 Å². The van der Waals surface area contributed by atoms with E-state index in [1.807, 2.05) is 0 Å². The number of benzene rings is 2. The molecule has 23 heteroatoms. The summed E-state index contributed by atoms with van der Waals surface area (Å²) in [4.78, 5) is 81.0. The van der Waals surface area contributed by atoms with E-state index in [9.17, 15) is 66.7 Å². The molecule has 54 heavy (non-hydrogen) atoms. The van der Waals surface area contributed by atoms with Crippen molar-refractivity contribution in [1.29, 1.82) is 0 Å². The van der Waals surface area contributed by atoms with Crippen molar-refractivity contribution in [3.05, 3.63) is 81.1 Å². The molecule has 284 valence electrons. The summed E-state index contributed by atoms with van der Waals surface area (Å²) in [6, 6.07) is 0.377. The van der Waals surface area contributed by atoms with Gasteiger partial charge >= 0.3 is 30.9 Å². The third-order valence-electron chi connectivity index (χ3n) is 8.26. The van der Waals surface area contributed by atoms with E-state index in [0.717, 1.165) is 17.0 Å². The fraction of sp³-hybridized carbons (Fsp3) is 0.258. The number of hydrogen-bond acceptors (Lipinski definition) is 11. The maximum atomic E-state index is 14.6. The first-order valence-electron chi connectivity index (χ1n) is 15.6. The molecule has 1 saturated heterocycles. The summed E-state index contributed by atoms with van der Waals surface area (Å²) in [5.41, 5.74) is -1.84. The highest BCUT2D eigenvalue weighted by molar-refractivity contribution is 6.47. The zero-order valence-electron chi connectivity index (χ0n) is 27.2. The molecule has 7 N–H and O–H groups in total. The van der Waals surface area contributed by atoms with E-state index in [0.29, 0.717) is 23.1 Å². The van der Waals surface area contributed by atoms with E-state index in [2.05, 4.69) is 20.9 Å². The van der Waals surface area contributed by atoms with Gasteiger partial charge in [0.15, 0.2) is 17.3 Å². The monoisotopic (exact) mass is 780 g/mol. The summed E-state index contributed by atoms with van der Waals surface area (Å²) in [7, 11) is -2.00. The summed E-state index contributed by atoms with van der Waals surface area (Å²) in [6.07, 6.45) is -0.288. The van der Waals surface area contributed by atoms with E-state index in [-0.39, 0.29) is 43.6 Å². The lowest BCUT2D eigenvalue weighted by molar-refractivity contribution is -0.153. The molecule has 0 saturated carbocycles. The van der Waals surface area contributed by atoms with Gasteiger partial charge in [-0.25, -0.2) is 18.4 Å². The molecule has 0 spiro atoms. The summed E-state index contributed by atoms with van der Waals surface area (Å²) in [5.74, 6) is -15.9. The Morgan fingerprint density at radius 2 is 1.69 bits per heavy atom. The number of hydrogen-bond donors (Lipinski definition) is 7. The molecule has 0 radical (unpaired) electrons. The third-order valence-corrected chi connectivity index (χ3v) is 8.65. The number of pyridine rings is 1. The van der Waals surface area contributed by atoms with Crippen LogP contribution in [0, 0.1) is 23.5 Å². The number of imide groups is 1. The second-order valence-electron chi connectivity index (χ2n) is 11.7. The number of phenolic OH excluding ortho intramolecular Hbond substituents is 2. The SMILES string of the molecule is O=C(NCCCN1CCN(C(=O)NC(C(=O)NC2Cc3ccc(F)c(C(=O)O)c3OB2O)c2cc(F)c(O)c(O)c2Cl)C(=O)C1=O)c1cc(F)nc(F)c1. The number of halogens is 5. The van der Waals surface area contributed by atoms with E-state index >= 15 is 0 Å². The minimum absolute atomic E-state index is 0.0419. The Morgan fingerprint density at radius 3 is 2.35 bits per heavy atom. The van der Waals surface area contributed by atoms with E-state index in [1.54, 1.807) is 0 Å². The number of phenols is 2. The van der Waals surface area contributed by atoms with Crippen molar-refractivity contribution in [2.24, 2.45) is 0 Å². The standard InChI is InChI=1S/C31H26BClF4N6O11/c33-21-14(11-16(35)23(44)24(21)45)22(27(47)39-17-8-12-2-3-15(34)20(30(50)51)25(12)54-32(17)53)41-31(52)43-7-6-42(28(48)29(43)49)5-1-4-38-26(46)13-9-18(36)40-19(37)10-13/h2-3,9-11,17,22,44-45,53H,1,4-8H2,(H,38,46)(H,39,47)(H,41,52)(H,50,51). The van der Waals surface area contributed by atoms with Crippen molar-refractivity contribution in [2.45, 2.75) is 24.8 Å². The van der Waals surface area contributed by atoms with Crippen LogP contribution in [0.4, 0.5) is 22.4 Å². The maximum absolute atomic E-state index is 14.6. The number of piperazine rings is 1. The number of carbonyl (C=O) groups excluding carboxylic acids is 5. The summed E-state index contributed by atoms with van der Waals surface area (Å²) in [6.45, 7) is -0.876. The number of aromatic nitrogens is 1. The van der Waals surface area contributed by atoms with Gasteiger partial charge in [-0.05, 0) is 30.5 Å². The number of nitrogens with one attached hydrogen (secondary N) is 3. The average molecular weight is 781 g/mol. The molecule has 5 rings (SSSR count). The molecule has 3 aromatic rings. The second kappa shape index (κ2) is 15.8. The van der Waals surface area contributed by atoms with E-state index in [4.69, 9.17) is 16.3 Å². The quantitative estimate of drug-likeness (QED) is 0.0377. The van der Waals surface area contributed by atoms with Crippen molar-refractivity contribution < 1.29 is 71.3 Å². The maximum Gasteiger partial charge on any atom is 0.547 e. The fourth-order valence-electron chi connectivity index (χ4n) is 5.59. The minimum Gasteiger partial charge on any atom is -0.534 e. The molecule has 2 aromatic carbocycles. The largest absolute Gasteiger partial charge is 0.547 e. The summed E-state index contributed by atoms with van der Waals surface area (Å²) in [5, 5.41) is 45.9. The van der Waals surface area contributed by atoms with Crippen molar-refractivity contribution in [3.8, 4) is 17.2 Å². The highest BCUT2D eigenvalue weighted by Gasteiger charge is 2.42. The van der Waals surface area contributed by atoms with Crippen LogP contribution in [0.25, 0.3) is 0 Å². The van der Waals surface area contributed by atoms with Crippen molar-refractivity contribution in [3.63, 3.8) is 0 Å². The summed E-state index contributed by atoms with van der Waals surface area (Å²) < 4.78 is 60.6. The van der Waals surface area contributed by atoms with Gasteiger partial charge in [0.2, 0.25) is 17.8 Å². The van der Waals surface area contributed by atoms with Gasteiger partial charge in [0.1, 0.15) is 23.2 Å². The van der Waals surface area contributed by atoms with Crippen LogP contribution in [-0.2, 0) is 20.8 Å². The Bertz CT molecular complexity index is 2060. The lowest BCUT2D eigenvalue weighted by Crippen LogP contribution is -2.60. The zero-order valence-corrected chi connectivity index (χ0v) is 28.0. The Balaban J connectivity index is 1.28. The Labute approximate surface area is 305 Å². The number of fused-ring (bicyclic) bond motifs is 1. The number of nitrogens with zero attached hydrogens (tertiary/aromatic N) is 3. The lowest BCUT2D eigenvalue weighted by atomic mass is 9.72. The van der Waals surface area contributed by atoms with Gasteiger partial charge in [-0.1, -0.05) is 17.7 Å². The number of aromatic carboxylic acids is 1. The molecule has 0 bridgehead atoms. The van der Waals surface area contributed by atoms with Crippen molar-refractivity contribution >= 4 is 54.3 Å². The Kier molecular flexibility index (Phi) is 11.5. The van der Waals surface area contributed by atoms with Crippen LogP contribution in [0.2, 0.25) is 5.02 Å². The molecule has 3 heterocycles. The Hall–Kier alpha value is -6.16. The molecular weight excluding hydrogens is 755 g/mol. The highest BCUT2D eigenvalue weighted by atomic mass is 35.5. The van der Waals surface area contributed by atoms with Crippen LogP contribution < -0.4 is 20.6 Å². The smallest absolute Gasteiger partial charge is 0.534 e. The van der Waals surface area contributed by atoms with Crippen LogP contribution in [0.3, 0.4) is 0 Å². The highest BCUT2D eigenvalue weighted by Crippen LogP contribution is 2.40. The third kappa shape index (κ3) is 8.08. The minimum atomic E-state index is -2.10. The van der Waals surface area contributed by atoms with E-state index < -0.39 is 118 Å². The van der Waals surface area contributed by atoms with Crippen LogP contribution >= 0.6 is 11.6 Å². The summed E-state index contributed by atoms with van der Waals surface area (Å²) >= 11 is 6.10. The zero-order chi connectivity index (χ0) is 39.6. The molecule has 2 atom stereocenters. The second-order valence-corrected chi connectivity index (χ2v) is 12.1. The van der Waals surface area contributed by atoms with Crippen LogP contribution in [0.1, 0.15) is 44.3 Å². The number of rotatable bonds is 10. The molecule has 6 amide bonds. The van der Waals surface area contributed by atoms with Gasteiger partial charge in [-0.2, -0.15) is 13.8 Å². The number of urea groups is 1. The average Bonchev–Trinajstić information content (AvgIpc) is 3.11. The first-order valence-corrected chi connectivity index (χ1v) is 16.0. The van der Waals surface area contributed by atoms with Crippen LogP contribution in [0.15, 0.2) is 30.3 Å². The molecule has 1 fully saturated rings. The van der Waals surface area contributed by atoms with Gasteiger partial charge in [0.05, 0.1) is 11.0 Å². The molecule has 0 aliphatic carbocycles. The van der Waals surface area contributed by atoms with Gasteiger partial charge in [-0.3, -0.25) is 24.1 Å². The predicted octanol–water partition coefficient (Wildman–Crippen LogP) is 0.782. The Morgan fingerprint density at radius 1 is 1.00 bits per heavy atom. The molecule has 1 aromatic heterocycles.